The second-order valence-electron chi connectivity index (χ2n) is 7.60. The Morgan fingerprint density at radius 3 is 2.93 bits per heavy atom. The predicted octanol–water partition coefficient (Wildman–Crippen LogP) is 2.06. The molecule has 3 N–H and O–H groups in total. The number of nitrogens with one attached hydrogen (secondary N) is 2. The van der Waals surface area contributed by atoms with Crippen molar-refractivity contribution in [2.75, 3.05) is 25.1 Å². The number of aromatic amines is 1. The van der Waals surface area contributed by atoms with Crippen LogP contribution in [-0.2, 0) is 9.47 Å². The molecule has 0 radical (unpaired) electrons. The molecule has 0 aliphatic carbocycles. The van der Waals surface area contributed by atoms with Crippen molar-refractivity contribution in [1.82, 2.24) is 15.0 Å². The quantitative estimate of drug-likeness (QED) is 0.577. The molecule has 5 atom stereocenters. The maximum atomic E-state index is 9.87. The third-order valence-corrected chi connectivity index (χ3v) is 5.95. The fourth-order valence-electron chi connectivity index (χ4n) is 4.19. The van der Waals surface area contributed by atoms with Crippen LogP contribution in [0.2, 0.25) is 5.02 Å². The molecule has 6 rings (SSSR count). The van der Waals surface area contributed by atoms with Crippen molar-refractivity contribution in [2.24, 2.45) is 0 Å². The molecule has 0 amide bonds. The number of H-pyrrole nitrogens is 1. The summed E-state index contributed by atoms with van der Waals surface area (Å²) in [7, 11) is 0. The number of pyridine rings is 1. The number of rotatable bonds is 4. The molecule has 0 bridgehead atoms. The molecule has 1 aromatic carbocycles. The van der Waals surface area contributed by atoms with Crippen molar-refractivity contribution < 1.29 is 24.1 Å². The summed E-state index contributed by atoms with van der Waals surface area (Å²) >= 11 is 6.46. The van der Waals surface area contributed by atoms with Crippen LogP contribution in [0.5, 0.6) is 11.8 Å². The Labute approximate surface area is 176 Å². The van der Waals surface area contributed by atoms with E-state index in [2.05, 4.69) is 20.3 Å². The highest BCUT2D eigenvalue weighted by atomic mass is 35.5. The summed E-state index contributed by atoms with van der Waals surface area (Å²) in [6.45, 7) is 1.07. The van der Waals surface area contributed by atoms with Gasteiger partial charge in [-0.25, -0.2) is 4.98 Å². The fourth-order valence-corrected chi connectivity index (χ4v) is 4.39. The number of hydrogen-bond donors (Lipinski definition) is 3. The number of hydrogen-bond acceptors (Lipinski definition) is 8. The molecule has 156 valence electrons. The van der Waals surface area contributed by atoms with E-state index in [1.54, 1.807) is 6.07 Å². The zero-order valence-corrected chi connectivity index (χ0v) is 16.5. The van der Waals surface area contributed by atoms with Crippen LogP contribution >= 0.6 is 11.6 Å². The Morgan fingerprint density at radius 2 is 2.00 bits per heavy atom. The van der Waals surface area contributed by atoms with Gasteiger partial charge in [-0.1, -0.05) is 29.8 Å². The average molecular weight is 431 g/mol. The molecule has 2 fully saturated rings. The summed E-state index contributed by atoms with van der Waals surface area (Å²) in [5.74, 6) is 1.39. The van der Waals surface area contributed by atoms with E-state index in [0.717, 1.165) is 11.3 Å². The Kier molecular flexibility index (Phi) is 4.24. The summed E-state index contributed by atoms with van der Waals surface area (Å²) < 4.78 is 22.8. The van der Waals surface area contributed by atoms with Crippen LogP contribution in [0.1, 0.15) is 11.6 Å². The Balaban J connectivity index is 1.23. The largest absolute Gasteiger partial charge is 0.491 e. The molecule has 30 heavy (non-hydrogen) atoms. The summed E-state index contributed by atoms with van der Waals surface area (Å²) in [6, 6.07) is 9.90. The third kappa shape index (κ3) is 2.97. The highest BCUT2D eigenvalue weighted by molar-refractivity contribution is 6.33. The van der Waals surface area contributed by atoms with Crippen LogP contribution in [-0.4, -0.2) is 64.3 Å². The zero-order chi connectivity index (χ0) is 20.2. The first-order valence-corrected chi connectivity index (χ1v) is 10.2. The van der Waals surface area contributed by atoms with Gasteiger partial charge < -0.3 is 34.4 Å². The van der Waals surface area contributed by atoms with Gasteiger partial charge in [0, 0.05) is 5.56 Å². The van der Waals surface area contributed by atoms with Crippen LogP contribution in [0.15, 0.2) is 30.3 Å². The molecular weight excluding hydrogens is 412 g/mol. The number of anilines is 1. The van der Waals surface area contributed by atoms with E-state index < -0.39 is 6.10 Å². The van der Waals surface area contributed by atoms with Gasteiger partial charge in [0.15, 0.2) is 11.8 Å². The van der Waals surface area contributed by atoms with Gasteiger partial charge in [-0.3, -0.25) is 0 Å². The zero-order valence-electron chi connectivity index (χ0n) is 15.7. The molecule has 10 heteroatoms. The van der Waals surface area contributed by atoms with Gasteiger partial charge in [-0.2, -0.15) is 4.98 Å². The third-order valence-electron chi connectivity index (χ3n) is 5.66. The van der Waals surface area contributed by atoms with Crippen molar-refractivity contribution in [1.29, 1.82) is 0 Å². The van der Waals surface area contributed by atoms with Crippen LogP contribution in [0, 0.1) is 0 Å². The summed E-state index contributed by atoms with van der Waals surface area (Å²) in [5, 5.41) is 13.7. The topological polar surface area (TPSA) is 111 Å². The number of aliphatic hydroxyl groups is 1. The summed E-state index contributed by atoms with van der Waals surface area (Å²) in [6.07, 6.45) is -1.66. The predicted molar refractivity (Wildman–Crippen MR) is 107 cm³/mol. The van der Waals surface area contributed by atoms with Crippen molar-refractivity contribution in [3.05, 3.63) is 40.9 Å². The molecule has 3 aromatic rings. The first kappa shape index (κ1) is 18.2. The van der Waals surface area contributed by atoms with Crippen molar-refractivity contribution in [2.45, 2.75) is 30.5 Å². The van der Waals surface area contributed by atoms with Gasteiger partial charge in [0.2, 0.25) is 0 Å². The lowest BCUT2D eigenvalue weighted by molar-refractivity contribution is 0.00706. The molecule has 5 heterocycles. The standard InChI is InChI=1S/C20H19ClN4O5/c21-10-5-11-19(24-18(10)22-12-6-27-14-4-2-1-3-9(12)14)25-20(23-11)30-15-8-29-16-13(26)7-28-17(15)16/h1-5,12-13,15-17,26H,6-8H2,(H2,22,23,24,25)/t12?,13-,15-,16-,17-/m1/s1. The summed E-state index contributed by atoms with van der Waals surface area (Å²) in [5.41, 5.74) is 2.20. The number of benzene rings is 1. The maximum Gasteiger partial charge on any atom is 0.296 e. The minimum absolute atomic E-state index is 0.0446. The minimum atomic E-state index is -0.627. The second kappa shape index (κ2) is 6.98. The number of aromatic nitrogens is 3. The van der Waals surface area contributed by atoms with Crippen LogP contribution in [0.25, 0.3) is 11.2 Å². The number of fused-ring (bicyclic) bond motifs is 3. The minimum Gasteiger partial charge on any atom is -0.491 e. The average Bonchev–Trinajstić information content (AvgIpc) is 3.49. The lowest BCUT2D eigenvalue weighted by atomic mass is 10.1. The number of ether oxygens (including phenoxy) is 4. The van der Waals surface area contributed by atoms with Crippen molar-refractivity contribution >= 4 is 28.6 Å². The molecule has 0 spiro atoms. The van der Waals surface area contributed by atoms with Gasteiger partial charge in [0.05, 0.1) is 29.8 Å². The lowest BCUT2D eigenvalue weighted by Gasteiger charge is -2.15. The molecule has 2 aromatic heterocycles. The van der Waals surface area contributed by atoms with E-state index in [0.29, 0.717) is 41.2 Å². The van der Waals surface area contributed by atoms with Crippen molar-refractivity contribution in [3.63, 3.8) is 0 Å². The highest BCUT2D eigenvalue weighted by Gasteiger charge is 2.48. The SMILES string of the molecule is O[C@@H]1CO[C@H]2[C@@H]1OC[C@H]2Oc1nc2nc(NC3COc4ccccc43)c(Cl)cc2[nH]1. The number of aliphatic hydroxyl groups excluding tert-OH is 1. The summed E-state index contributed by atoms with van der Waals surface area (Å²) in [4.78, 5) is 12.1. The van der Waals surface area contributed by atoms with Crippen LogP contribution in [0.4, 0.5) is 5.82 Å². The number of para-hydroxylation sites is 1. The number of halogens is 1. The van der Waals surface area contributed by atoms with Gasteiger partial charge in [0.1, 0.15) is 36.5 Å². The smallest absolute Gasteiger partial charge is 0.296 e. The van der Waals surface area contributed by atoms with Gasteiger partial charge in [0.25, 0.3) is 6.01 Å². The van der Waals surface area contributed by atoms with E-state index >= 15 is 0 Å². The first-order chi connectivity index (χ1) is 14.7. The van der Waals surface area contributed by atoms with E-state index in [-0.39, 0.29) is 31.0 Å². The molecule has 3 aliphatic heterocycles. The Morgan fingerprint density at radius 1 is 1.13 bits per heavy atom. The Bertz CT molecular complexity index is 1110. The van der Waals surface area contributed by atoms with E-state index in [9.17, 15) is 5.11 Å². The monoisotopic (exact) mass is 430 g/mol. The van der Waals surface area contributed by atoms with Crippen LogP contribution in [0.3, 0.4) is 0 Å². The molecule has 2 saturated heterocycles. The van der Waals surface area contributed by atoms with Gasteiger partial charge in [-0.05, 0) is 12.1 Å². The lowest BCUT2D eigenvalue weighted by Crippen LogP contribution is -2.34. The van der Waals surface area contributed by atoms with E-state index in [1.807, 2.05) is 24.3 Å². The van der Waals surface area contributed by atoms with Crippen LogP contribution < -0.4 is 14.8 Å². The fraction of sp³-hybridized carbons (Fsp3) is 0.400. The molecular formula is C20H19ClN4O5. The first-order valence-electron chi connectivity index (χ1n) is 9.78. The molecule has 9 nitrogen and oxygen atoms in total. The van der Waals surface area contributed by atoms with Crippen molar-refractivity contribution in [3.8, 4) is 11.8 Å². The number of nitrogens with zero attached hydrogens (tertiary/aromatic N) is 2. The second-order valence-corrected chi connectivity index (χ2v) is 8.00. The molecule has 1 unspecified atom stereocenters. The molecule has 3 aliphatic rings. The highest BCUT2D eigenvalue weighted by Crippen LogP contribution is 2.36. The van der Waals surface area contributed by atoms with E-state index in [1.165, 1.54) is 0 Å². The van der Waals surface area contributed by atoms with Gasteiger partial charge in [-0.15, -0.1) is 0 Å². The number of imidazole rings is 1. The van der Waals surface area contributed by atoms with E-state index in [4.69, 9.17) is 30.5 Å². The molecule has 0 saturated carbocycles. The van der Waals surface area contributed by atoms with Gasteiger partial charge >= 0.3 is 0 Å². The Hall–Kier alpha value is -2.59. The normalized spacial score (nSPS) is 29.6. The maximum absolute atomic E-state index is 9.87.